The third kappa shape index (κ3) is 8.17. The normalized spacial score (nSPS) is 16.7. The van der Waals surface area contributed by atoms with Crippen molar-refractivity contribution < 1.29 is 48.4 Å². The molecule has 0 heterocycles. The van der Waals surface area contributed by atoms with Crippen LogP contribution in [0.4, 0.5) is 8.78 Å². The Bertz CT molecular complexity index is 1110. The molecule has 14 heteroatoms. The van der Waals surface area contributed by atoms with E-state index in [1.165, 1.54) is 17.0 Å². The molecule has 0 bridgehead atoms. The molecule has 198 valence electrons. The molecule has 0 aliphatic heterocycles. The number of benzene rings is 2. The van der Waals surface area contributed by atoms with Crippen LogP contribution in [0.25, 0.3) is 0 Å². The number of aliphatic carboxylic acids is 1. The third-order valence-corrected chi connectivity index (χ3v) is 6.02. The van der Waals surface area contributed by atoms with Gasteiger partial charge in [-0.05, 0) is 56.3 Å². The van der Waals surface area contributed by atoms with Gasteiger partial charge in [0, 0.05) is 34.1 Å². The number of hydrogen-bond donors (Lipinski definition) is 6. The Kier molecular flexibility index (Phi) is 11.3. The fourth-order valence-corrected chi connectivity index (χ4v) is 4.18. The monoisotopic (exact) mass is 520 g/mol. The van der Waals surface area contributed by atoms with E-state index >= 15 is 0 Å². The van der Waals surface area contributed by atoms with Gasteiger partial charge in [-0.25, -0.2) is 8.78 Å². The number of rotatable bonds is 8. The minimum absolute atomic E-state index is 0.0196. The van der Waals surface area contributed by atoms with E-state index in [1.54, 1.807) is 7.05 Å². The molecule has 1 aliphatic rings. The molecule has 2 atom stereocenters. The Morgan fingerprint density at radius 1 is 1.00 bits per heavy atom. The maximum absolute atomic E-state index is 13.6. The van der Waals surface area contributed by atoms with Crippen molar-refractivity contribution in [2.24, 2.45) is 0 Å². The van der Waals surface area contributed by atoms with Crippen molar-refractivity contribution >= 4 is 43.3 Å². The number of hydrogen-bond acceptors (Lipinski definition) is 8. The topological polar surface area (TPSA) is 168 Å². The van der Waals surface area contributed by atoms with E-state index in [4.69, 9.17) is 10.0 Å². The van der Waals surface area contributed by atoms with Gasteiger partial charge in [-0.1, -0.05) is 12.8 Å². The number of carboxylic acids is 1. The standard InChI is InChI=1S/C16H22BFN2O5.C7H6BFO3/c1-19-13-4-2-3-5-14(13)20(9-15(21)22)16(23)10-6-7-12(18)11(8-10)17(24)25;9-7-2-1-5(4-10)3-6(7)8(11)12/h6-8,13-14,19,24-25H,2-5,9H2,1H3,(H,21,22);1-4,11-12H. The van der Waals surface area contributed by atoms with Crippen LogP contribution >= 0.6 is 0 Å². The Morgan fingerprint density at radius 2 is 1.57 bits per heavy atom. The minimum atomic E-state index is -2.06. The number of amides is 1. The predicted molar refractivity (Wildman–Crippen MR) is 132 cm³/mol. The summed E-state index contributed by atoms with van der Waals surface area (Å²) in [5.41, 5.74) is -0.486. The Hall–Kier alpha value is -3.16. The fraction of sp³-hybridized carbons (Fsp3) is 0.348. The van der Waals surface area contributed by atoms with Gasteiger partial charge >= 0.3 is 20.2 Å². The van der Waals surface area contributed by atoms with E-state index in [9.17, 15) is 38.3 Å². The summed E-state index contributed by atoms with van der Waals surface area (Å²) in [7, 11) is -2.17. The molecule has 2 aromatic carbocycles. The molecule has 1 fully saturated rings. The molecule has 1 saturated carbocycles. The Morgan fingerprint density at radius 3 is 2.11 bits per heavy atom. The number of carbonyl (C=O) groups is 3. The minimum Gasteiger partial charge on any atom is -0.480 e. The lowest BCUT2D eigenvalue weighted by atomic mass is 9.79. The molecule has 0 saturated heterocycles. The maximum atomic E-state index is 13.6. The molecule has 2 unspecified atom stereocenters. The summed E-state index contributed by atoms with van der Waals surface area (Å²) in [4.78, 5) is 35.6. The zero-order valence-corrected chi connectivity index (χ0v) is 20.1. The van der Waals surface area contributed by atoms with Crippen LogP contribution in [0.1, 0.15) is 46.4 Å². The lowest BCUT2D eigenvalue weighted by Gasteiger charge is -2.39. The van der Waals surface area contributed by atoms with Gasteiger partial charge in [0.15, 0.2) is 0 Å². The van der Waals surface area contributed by atoms with Crippen LogP contribution in [0.15, 0.2) is 36.4 Å². The van der Waals surface area contributed by atoms with Crippen molar-refractivity contribution in [2.45, 2.75) is 37.8 Å². The van der Waals surface area contributed by atoms with Gasteiger partial charge in [-0.3, -0.25) is 14.4 Å². The van der Waals surface area contributed by atoms with Crippen LogP contribution in [0.3, 0.4) is 0 Å². The van der Waals surface area contributed by atoms with E-state index in [-0.39, 0.29) is 28.7 Å². The van der Waals surface area contributed by atoms with Crippen LogP contribution in [0, 0.1) is 11.6 Å². The summed E-state index contributed by atoms with van der Waals surface area (Å²) in [6.07, 6.45) is 3.88. The molecule has 1 aliphatic carbocycles. The molecule has 2 aromatic rings. The summed E-state index contributed by atoms with van der Waals surface area (Å²) in [5.74, 6) is -3.30. The first-order chi connectivity index (χ1) is 17.5. The smallest absolute Gasteiger partial charge is 0.480 e. The van der Waals surface area contributed by atoms with Crippen LogP contribution in [-0.2, 0) is 4.79 Å². The summed E-state index contributed by atoms with van der Waals surface area (Å²) < 4.78 is 26.3. The number of aldehydes is 1. The lowest BCUT2D eigenvalue weighted by Crippen LogP contribution is -2.54. The fourth-order valence-electron chi connectivity index (χ4n) is 4.18. The second-order valence-corrected chi connectivity index (χ2v) is 8.46. The van der Waals surface area contributed by atoms with E-state index in [0.717, 1.165) is 43.5 Å². The molecule has 1 amide bonds. The van der Waals surface area contributed by atoms with Crippen molar-refractivity contribution in [3.05, 3.63) is 59.2 Å². The predicted octanol–water partition coefficient (Wildman–Crippen LogP) is -1.12. The number of carbonyl (C=O) groups excluding carboxylic acids is 2. The summed E-state index contributed by atoms with van der Waals surface area (Å²) in [6, 6.07) is 6.27. The second-order valence-electron chi connectivity index (χ2n) is 8.46. The molecule has 0 spiro atoms. The third-order valence-electron chi connectivity index (χ3n) is 6.02. The molecule has 10 nitrogen and oxygen atoms in total. The average Bonchev–Trinajstić information content (AvgIpc) is 2.87. The number of carboxylic acid groups (broad SMARTS) is 1. The van der Waals surface area contributed by atoms with Crippen LogP contribution in [0.5, 0.6) is 0 Å². The van der Waals surface area contributed by atoms with Crippen LogP contribution < -0.4 is 16.2 Å². The summed E-state index contributed by atoms with van der Waals surface area (Å²) in [5, 5.41) is 48.0. The maximum Gasteiger partial charge on any atom is 0.491 e. The van der Waals surface area contributed by atoms with Crippen molar-refractivity contribution in [2.75, 3.05) is 13.6 Å². The first kappa shape index (κ1) is 30.1. The van der Waals surface area contributed by atoms with Crippen molar-refractivity contribution in [1.29, 1.82) is 0 Å². The zero-order chi connectivity index (χ0) is 27.7. The molecular formula is C23H28B2F2N2O8. The summed E-state index contributed by atoms with van der Waals surface area (Å²) in [6.45, 7) is -0.476. The SMILES string of the molecule is CNC1CCCCC1N(CC(=O)O)C(=O)c1ccc(F)c(B(O)O)c1.O=Cc1ccc(F)c(B(O)O)c1. The highest BCUT2D eigenvalue weighted by Gasteiger charge is 2.34. The molecule has 6 N–H and O–H groups in total. The van der Waals surface area contributed by atoms with E-state index in [0.29, 0.717) is 12.7 Å². The molecule has 37 heavy (non-hydrogen) atoms. The first-order valence-corrected chi connectivity index (χ1v) is 11.5. The molecular weight excluding hydrogens is 492 g/mol. The molecule has 3 rings (SSSR count). The van der Waals surface area contributed by atoms with Crippen LogP contribution in [-0.4, -0.2) is 88.2 Å². The highest BCUT2D eigenvalue weighted by molar-refractivity contribution is 6.59. The quantitative estimate of drug-likeness (QED) is 0.187. The van der Waals surface area contributed by atoms with Crippen molar-refractivity contribution in [1.82, 2.24) is 10.2 Å². The van der Waals surface area contributed by atoms with Gasteiger partial charge in [-0.15, -0.1) is 0 Å². The summed E-state index contributed by atoms with van der Waals surface area (Å²) >= 11 is 0. The molecule has 0 radical (unpaired) electrons. The Balaban J connectivity index is 0.000000335. The number of nitrogens with zero attached hydrogens (tertiary/aromatic N) is 1. The first-order valence-electron chi connectivity index (χ1n) is 11.5. The zero-order valence-electron chi connectivity index (χ0n) is 20.1. The van der Waals surface area contributed by atoms with Gasteiger partial charge in [0.2, 0.25) is 0 Å². The highest BCUT2D eigenvalue weighted by atomic mass is 19.1. The average molecular weight is 520 g/mol. The van der Waals surface area contributed by atoms with Gasteiger partial charge in [0.25, 0.3) is 5.91 Å². The molecule has 0 aromatic heterocycles. The van der Waals surface area contributed by atoms with Crippen molar-refractivity contribution in [3.63, 3.8) is 0 Å². The van der Waals surface area contributed by atoms with Gasteiger partial charge in [0.05, 0.1) is 0 Å². The number of halogens is 2. The second kappa shape index (κ2) is 14.0. The van der Waals surface area contributed by atoms with E-state index < -0.39 is 49.8 Å². The largest absolute Gasteiger partial charge is 0.491 e. The lowest BCUT2D eigenvalue weighted by molar-refractivity contribution is -0.138. The van der Waals surface area contributed by atoms with Gasteiger partial charge in [-0.2, -0.15) is 0 Å². The van der Waals surface area contributed by atoms with E-state index in [2.05, 4.69) is 5.32 Å². The Labute approximate surface area is 212 Å². The number of likely N-dealkylation sites (N-methyl/N-ethyl adjacent to an activating group) is 1. The highest BCUT2D eigenvalue weighted by Crippen LogP contribution is 2.24. The van der Waals surface area contributed by atoms with E-state index in [1.807, 2.05) is 0 Å². The van der Waals surface area contributed by atoms with Crippen molar-refractivity contribution in [3.8, 4) is 0 Å². The van der Waals surface area contributed by atoms with Gasteiger partial charge in [0.1, 0.15) is 24.5 Å². The van der Waals surface area contributed by atoms with Gasteiger partial charge < -0.3 is 35.4 Å². The van der Waals surface area contributed by atoms with Crippen LogP contribution in [0.2, 0.25) is 0 Å². The number of nitrogens with one attached hydrogen (secondary N) is 1.